The van der Waals surface area contributed by atoms with Crippen molar-refractivity contribution in [2.24, 2.45) is 0 Å². The summed E-state index contributed by atoms with van der Waals surface area (Å²) in [4.78, 5) is 0. The number of hydrogen-bond acceptors (Lipinski definition) is 0. The van der Waals surface area contributed by atoms with Crippen LogP contribution >= 0.6 is 0 Å². The van der Waals surface area contributed by atoms with E-state index in [1.807, 2.05) is 0 Å². The number of aryl methyl sites for hydroxylation is 1. The summed E-state index contributed by atoms with van der Waals surface area (Å²) in [5.74, 6) is 0. The van der Waals surface area contributed by atoms with Crippen molar-refractivity contribution < 1.29 is 4.39 Å². The third kappa shape index (κ3) is 8.03. The molecule has 0 saturated heterocycles. The fourth-order valence-corrected chi connectivity index (χ4v) is 6.58. The second-order valence-electron chi connectivity index (χ2n) is 6.27. The summed E-state index contributed by atoms with van der Waals surface area (Å²) >= 11 is -0.699. The molecule has 118 valence electrons. The first-order valence-electron chi connectivity index (χ1n) is 8.94. The quantitative estimate of drug-likeness (QED) is 0.320. The summed E-state index contributed by atoms with van der Waals surface area (Å²) in [6.45, 7) is 4.34. The van der Waals surface area contributed by atoms with Crippen LogP contribution in [0.25, 0.3) is 0 Å². The minimum Gasteiger partial charge on any atom is -0.251 e. The maximum absolute atomic E-state index is 12.7. The number of rotatable bonds is 12. The van der Waals surface area contributed by atoms with Gasteiger partial charge in [-0.1, -0.05) is 98.0 Å². The molecule has 2 heteroatoms. The van der Waals surface area contributed by atoms with Crippen LogP contribution in [-0.4, -0.2) is 20.8 Å². The summed E-state index contributed by atoms with van der Waals surface area (Å²) < 4.78 is 12.7. The molecule has 0 atom stereocenters. The van der Waals surface area contributed by atoms with Crippen molar-refractivity contribution in [3.8, 4) is 0 Å². The largest absolute Gasteiger partial charge is 0.267 e. The molecule has 0 spiro atoms. The monoisotopic (exact) mass is 306 g/mol. The Balaban J connectivity index is 2.60. The fraction of sp³-hybridized carbons (Fsp3) is 0.684. The second kappa shape index (κ2) is 12.2. The number of halogens is 1. The van der Waals surface area contributed by atoms with Gasteiger partial charge in [-0.25, -0.2) is 0 Å². The van der Waals surface area contributed by atoms with E-state index in [4.69, 9.17) is 0 Å². The summed E-state index contributed by atoms with van der Waals surface area (Å²) in [5.41, 5.74) is 2.70. The van der Waals surface area contributed by atoms with E-state index in [0.29, 0.717) is 6.42 Å². The molecular weight excluding hydrogens is 274 g/mol. The Morgan fingerprint density at radius 1 is 0.857 bits per heavy atom. The molecule has 0 aliphatic heterocycles. The van der Waals surface area contributed by atoms with E-state index in [1.165, 1.54) is 65.5 Å². The van der Waals surface area contributed by atoms with Gasteiger partial charge in [-0.3, -0.25) is 4.39 Å². The highest BCUT2D eigenvalue weighted by Gasteiger charge is 2.18. The number of alkyl halides is 1. The highest BCUT2D eigenvalue weighted by molar-refractivity contribution is 6.58. The molecule has 0 heterocycles. The van der Waals surface area contributed by atoms with Gasteiger partial charge in [0.15, 0.2) is 0 Å². The number of benzene rings is 1. The van der Waals surface area contributed by atoms with Gasteiger partial charge in [-0.05, 0) is 5.56 Å². The maximum Gasteiger partial charge on any atom is 0.267 e. The summed E-state index contributed by atoms with van der Waals surface area (Å²) in [6, 6.07) is 8.54. The zero-order valence-corrected chi connectivity index (χ0v) is 15.2. The lowest BCUT2D eigenvalue weighted by Gasteiger charge is -2.14. The SMILES string of the molecule is CCCC[CH2][Al]([CH2]CCCC)[CH2]c1ccccc1CCF. The molecule has 0 aliphatic rings. The molecule has 1 aromatic carbocycles. The van der Waals surface area contributed by atoms with Crippen molar-refractivity contribution >= 4 is 14.1 Å². The maximum atomic E-state index is 12.7. The highest BCUT2D eigenvalue weighted by atomic mass is 27.2. The van der Waals surface area contributed by atoms with Gasteiger partial charge in [-0.2, -0.15) is 0 Å². The van der Waals surface area contributed by atoms with E-state index >= 15 is 0 Å². The van der Waals surface area contributed by atoms with Crippen LogP contribution < -0.4 is 0 Å². The third-order valence-electron chi connectivity index (χ3n) is 4.42. The van der Waals surface area contributed by atoms with Crippen molar-refractivity contribution in [1.82, 2.24) is 0 Å². The Morgan fingerprint density at radius 2 is 1.43 bits per heavy atom. The molecular formula is C19H32AlF. The predicted molar refractivity (Wildman–Crippen MR) is 94.2 cm³/mol. The number of hydrogen-bond donors (Lipinski definition) is 0. The van der Waals surface area contributed by atoms with Gasteiger partial charge in [-0.15, -0.1) is 0 Å². The minimum absolute atomic E-state index is 0.227. The molecule has 0 aromatic heterocycles. The molecule has 1 aromatic rings. The molecule has 21 heavy (non-hydrogen) atoms. The van der Waals surface area contributed by atoms with Gasteiger partial charge >= 0.3 is 0 Å². The van der Waals surface area contributed by atoms with Gasteiger partial charge in [0.05, 0.1) is 6.67 Å². The van der Waals surface area contributed by atoms with Crippen LogP contribution in [0.1, 0.15) is 63.5 Å². The van der Waals surface area contributed by atoms with Crippen LogP contribution in [-0.2, 0) is 11.7 Å². The standard InChI is InChI=1S/C9H10F.2C5H11.Al/c1-8-4-2-3-5-9(8)6-7-10;2*1-3-5-4-2;/h2-5H,1,6-7H2;2*1,3-5H2,2H3;. The lowest BCUT2D eigenvalue weighted by atomic mass is 10.1. The molecule has 1 rings (SSSR count). The average molecular weight is 306 g/mol. The van der Waals surface area contributed by atoms with E-state index in [9.17, 15) is 4.39 Å². The Bertz CT molecular complexity index is 354. The lowest BCUT2D eigenvalue weighted by molar-refractivity contribution is 0.494. The van der Waals surface area contributed by atoms with E-state index in [0.717, 1.165) is 0 Å². The van der Waals surface area contributed by atoms with Crippen molar-refractivity contribution in [3.63, 3.8) is 0 Å². The number of unbranched alkanes of at least 4 members (excludes halogenated alkanes) is 4. The molecule has 0 unspecified atom stereocenters. The van der Waals surface area contributed by atoms with Crippen LogP contribution in [0.3, 0.4) is 0 Å². The van der Waals surface area contributed by atoms with Gasteiger partial charge in [0, 0.05) is 6.42 Å². The Kier molecular flexibility index (Phi) is 10.9. The Hall–Kier alpha value is -0.318. The van der Waals surface area contributed by atoms with Crippen LogP contribution in [0, 0.1) is 0 Å². The Morgan fingerprint density at radius 3 is 1.95 bits per heavy atom. The lowest BCUT2D eigenvalue weighted by Crippen LogP contribution is -2.17. The molecule has 0 saturated carbocycles. The van der Waals surface area contributed by atoms with Gasteiger partial charge in [0.1, 0.15) is 0 Å². The normalized spacial score (nSPS) is 10.8. The van der Waals surface area contributed by atoms with Crippen LogP contribution in [0.15, 0.2) is 24.3 Å². The van der Waals surface area contributed by atoms with Crippen molar-refractivity contribution in [1.29, 1.82) is 0 Å². The highest BCUT2D eigenvalue weighted by Crippen LogP contribution is 2.19. The smallest absolute Gasteiger partial charge is 0.251 e. The Labute approximate surface area is 135 Å². The second-order valence-corrected chi connectivity index (χ2v) is 9.56. The van der Waals surface area contributed by atoms with E-state index < -0.39 is 14.1 Å². The van der Waals surface area contributed by atoms with Crippen molar-refractivity contribution in [3.05, 3.63) is 35.4 Å². The zero-order chi connectivity index (χ0) is 15.3. The van der Waals surface area contributed by atoms with E-state index in [2.05, 4.69) is 38.1 Å². The first kappa shape index (κ1) is 18.7. The van der Waals surface area contributed by atoms with Gasteiger partial charge in [0.2, 0.25) is 0 Å². The van der Waals surface area contributed by atoms with Crippen molar-refractivity contribution in [2.45, 2.75) is 74.6 Å². The molecule has 0 amide bonds. The predicted octanol–water partition coefficient (Wildman–Crippen LogP) is 6.16. The fourth-order valence-electron chi connectivity index (χ4n) is 3.13. The first-order chi connectivity index (χ1) is 10.3. The molecule has 0 bridgehead atoms. The summed E-state index contributed by atoms with van der Waals surface area (Å²) in [6.07, 6.45) is 8.80. The zero-order valence-electron chi connectivity index (χ0n) is 14.0. The van der Waals surface area contributed by atoms with E-state index in [1.54, 1.807) is 0 Å². The van der Waals surface area contributed by atoms with Gasteiger partial charge < -0.3 is 0 Å². The van der Waals surface area contributed by atoms with Crippen LogP contribution in [0.2, 0.25) is 10.6 Å². The summed E-state index contributed by atoms with van der Waals surface area (Å²) in [5, 5.41) is 4.23. The van der Waals surface area contributed by atoms with Gasteiger partial charge in [0.25, 0.3) is 14.1 Å². The van der Waals surface area contributed by atoms with E-state index in [-0.39, 0.29) is 6.67 Å². The minimum atomic E-state index is -0.699. The van der Waals surface area contributed by atoms with Crippen LogP contribution in [0.4, 0.5) is 4.39 Å². The summed E-state index contributed by atoms with van der Waals surface area (Å²) in [7, 11) is 0. The molecule has 0 N–H and O–H groups in total. The van der Waals surface area contributed by atoms with Crippen LogP contribution in [0.5, 0.6) is 0 Å². The first-order valence-corrected chi connectivity index (χ1v) is 11.4. The molecule has 0 fully saturated rings. The molecule has 0 nitrogen and oxygen atoms in total. The van der Waals surface area contributed by atoms with Crippen molar-refractivity contribution in [2.75, 3.05) is 6.67 Å². The average Bonchev–Trinajstić information content (AvgIpc) is 2.49. The topological polar surface area (TPSA) is 0 Å². The third-order valence-corrected chi connectivity index (χ3v) is 7.89. The molecule has 0 aliphatic carbocycles. The molecule has 0 radical (unpaired) electrons.